The van der Waals surface area contributed by atoms with Crippen LogP contribution in [0.1, 0.15) is 0 Å². The third-order valence-electron chi connectivity index (χ3n) is 4.03. The maximum absolute atomic E-state index is 12.4. The lowest BCUT2D eigenvalue weighted by Crippen LogP contribution is -2.27. The van der Waals surface area contributed by atoms with E-state index in [1.54, 1.807) is 32.4 Å². The number of carbonyl (C=O) groups is 1. The number of anilines is 1. The van der Waals surface area contributed by atoms with Crippen LogP contribution >= 0.6 is 23.4 Å². The number of halogens is 1. The molecule has 11 heteroatoms. The first-order chi connectivity index (χ1) is 13.9. The molecule has 9 nitrogen and oxygen atoms in total. The molecular formula is C18H16ClN5O4S. The van der Waals surface area contributed by atoms with E-state index in [0.717, 1.165) is 0 Å². The first-order valence-electron chi connectivity index (χ1n) is 8.29. The highest BCUT2D eigenvalue weighted by atomic mass is 35.5. The minimum absolute atomic E-state index is 0.0336. The molecule has 3 aromatic rings. The number of carbonyl (C=O) groups excluding carboxylic acids is 1. The first kappa shape index (κ1) is 20.6. The summed E-state index contributed by atoms with van der Waals surface area (Å²) in [5.41, 5.74) is 1.18. The van der Waals surface area contributed by atoms with Gasteiger partial charge in [-0.05, 0) is 30.3 Å². The molecule has 0 unspecified atom stereocenters. The van der Waals surface area contributed by atoms with Crippen LogP contribution in [0.25, 0.3) is 11.4 Å². The number of ether oxygens (including phenoxy) is 1. The van der Waals surface area contributed by atoms with Crippen molar-refractivity contribution in [2.75, 3.05) is 24.8 Å². The van der Waals surface area contributed by atoms with Crippen molar-refractivity contribution in [1.82, 2.24) is 15.2 Å². The summed E-state index contributed by atoms with van der Waals surface area (Å²) in [7, 11) is 3.15. The predicted molar refractivity (Wildman–Crippen MR) is 111 cm³/mol. The number of nitrogens with one attached hydrogen (secondary N) is 1. The second-order valence-electron chi connectivity index (χ2n) is 5.83. The molecule has 2 aromatic carbocycles. The van der Waals surface area contributed by atoms with Crippen molar-refractivity contribution in [3.63, 3.8) is 0 Å². The van der Waals surface area contributed by atoms with Gasteiger partial charge >= 0.3 is 0 Å². The number of nitrogens with zero attached hydrogens (tertiary/aromatic N) is 4. The van der Waals surface area contributed by atoms with Crippen LogP contribution in [0.4, 0.5) is 11.4 Å². The highest BCUT2D eigenvalue weighted by molar-refractivity contribution is 7.99. The van der Waals surface area contributed by atoms with Gasteiger partial charge in [0.1, 0.15) is 5.75 Å². The largest absolute Gasteiger partial charge is 0.496 e. The van der Waals surface area contributed by atoms with Gasteiger partial charge in [-0.1, -0.05) is 23.4 Å². The Morgan fingerprint density at radius 3 is 2.69 bits per heavy atom. The number of rotatable bonds is 7. The maximum Gasteiger partial charge on any atom is 0.269 e. The molecule has 1 amide bonds. The third-order valence-corrected chi connectivity index (χ3v) is 5.10. The van der Waals surface area contributed by atoms with Gasteiger partial charge in [-0.3, -0.25) is 20.0 Å². The fourth-order valence-electron chi connectivity index (χ4n) is 2.46. The van der Waals surface area contributed by atoms with Gasteiger partial charge in [-0.25, -0.2) is 4.98 Å². The molecule has 29 heavy (non-hydrogen) atoms. The van der Waals surface area contributed by atoms with E-state index in [1.807, 2.05) is 0 Å². The Balaban J connectivity index is 1.65. The number of nitro groups is 1. The number of aromatic amines is 1. The average Bonchev–Trinajstić information content (AvgIpc) is 3.20. The number of methoxy groups -OCH3 is 1. The van der Waals surface area contributed by atoms with Crippen molar-refractivity contribution in [1.29, 1.82) is 0 Å². The number of hydrogen-bond acceptors (Lipinski definition) is 7. The third kappa shape index (κ3) is 4.84. The molecule has 3 rings (SSSR count). The van der Waals surface area contributed by atoms with E-state index >= 15 is 0 Å². The monoisotopic (exact) mass is 433 g/mol. The Kier molecular flexibility index (Phi) is 6.35. The van der Waals surface area contributed by atoms with Crippen molar-refractivity contribution in [2.45, 2.75) is 5.16 Å². The Bertz CT molecular complexity index is 1040. The number of amides is 1. The van der Waals surface area contributed by atoms with Gasteiger partial charge in [-0.15, -0.1) is 5.10 Å². The minimum atomic E-state index is -0.489. The SMILES string of the molecule is COc1ccc(Cl)cc1-c1nc(SCC(=O)N(C)c2ccc([N+](=O)[O-])cc2)n[nH]1. The van der Waals surface area contributed by atoms with Crippen molar-refractivity contribution in [3.8, 4) is 17.1 Å². The summed E-state index contributed by atoms with van der Waals surface area (Å²) >= 11 is 7.21. The number of aromatic nitrogens is 3. The Labute approximate surface area is 175 Å². The van der Waals surface area contributed by atoms with E-state index in [0.29, 0.717) is 33.0 Å². The Morgan fingerprint density at radius 2 is 2.03 bits per heavy atom. The van der Waals surface area contributed by atoms with Crippen molar-refractivity contribution >= 4 is 40.6 Å². The number of hydrogen-bond donors (Lipinski definition) is 1. The number of benzene rings is 2. The number of non-ortho nitro benzene ring substituents is 1. The lowest BCUT2D eigenvalue weighted by molar-refractivity contribution is -0.384. The van der Waals surface area contributed by atoms with Crippen LogP contribution in [0, 0.1) is 10.1 Å². The number of nitro benzene ring substituents is 1. The van der Waals surface area contributed by atoms with Gasteiger partial charge in [0, 0.05) is 29.9 Å². The van der Waals surface area contributed by atoms with Crippen LogP contribution in [-0.4, -0.2) is 45.9 Å². The van der Waals surface area contributed by atoms with Gasteiger partial charge in [0.05, 0.1) is 23.3 Å². The topological polar surface area (TPSA) is 114 Å². The number of thioether (sulfide) groups is 1. The van der Waals surface area contributed by atoms with Crippen LogP contribution < -0.4 is 9.64 Å². The summed E-state index contributed by atoms with van der Waals surface area (Å²) in [6.07, 6.45) is 0. The van der Waals surface area contributed by atoms with Gasteiger partial charge in [0.15, 0.2) is 5.82 Å². The summed E-state index contributed by atoms with van der Waals surface area (Å²) < 4.78 is 5.31. The molecule has 150 valence electrons. The Hall–Kier alpha value is -3.11. The minimum Gasteiger partial charge on any atom is -0.496 e. The van der Waals surface area contributed by atoms with Gasteiger partial charge in [-0.2, -0.15) is 0 Å². The zero-order valence-corrected chi connectivity index (χ0v) is 17.0. The summed E-state index contributed by atoms with van der Waals surface area (Å²) in [6, 6.07) is 10.9. The molecule has 0 aliphatic rings. The fourth-order valence-corrected chi connectivity index (χ4v) is 3.35. The summed E-state index contributed by atoms with van der Waals surface area (Å²) in [5.74, 6) is 0.965. The molecule has 0 saturated heterocycles. The molecule has 0 bridgehead atoms. The van der Waals surface area contributed by atoms with Crippen LogP contribution in [0.5, 0.6) is 5.75 Å². The highest BCUT2D eigenvalue weighted by Gasteiger charge is 2.16. The van der Waals surface area contributed by atoms with Crippen LogP contribution in [-0.2, 0) is 4.79 Å². The quantitative estimate of drug-likeness (QED) is 0.342. The van der Waals surface area contributed by atoms with Crippen molar-refractivity contribution in [3.05, 3.63) is 57.6 Å². The van der Waals surface area contributed by atoms with Crippen LogP contribution in [0.2, 0.25) is 5.02 Å². The van der Waals surface area contributed by atoms with E-state index in [9.17, 15) is 14.9 Å². The standard InChI is InChI=1S/C18H16ClN5O4S/c1-23(12-4-6-13(7-5-12)24(26)27)16(25)10-29-18-20-17(21-22-18)14-9-11(19)3-8-15(14)28-2/h3-9H,10H2,1-2H3,(H,20,21,22). The molecule has 1 N–H and O–H groups in total. The van der Waals surface area contributed by atoms with Crippen LogP contribution in [0.3, 0.4) is 0 Å². The smallest absolute Gasteiger partial charge is 0.269 e. The second kappa shape index (κ2) is 8.93. The molecule has 1 heterocycles. The van der Waals surface area contributed by atoms with Gasteiger partial charge < -0.3 is 9.64 Å². The lowest BCUT2D eigenvalue weighted by atomic mass is 10.2. The highest BCUT2D eigenvalue weighted by Crippen LogP contribution is 2.31. The molecule has 0 atom stereocenters. The lowest BCUT2D eigenvalue weighted by Gasteiger charge is -2.16. The van der Waals surface area contributed by atoms with Gasteiger partial charge in [0.2, 0.25) is 11.1 Å². The first-order valence-corrected chi connectivity index (χ1v) is 9.65. The average molecular weight is 434 g/mol. The maximum atomic E-state index is 12.4. The second-order valence-corrected chi connectivity index (χ2v) is 7.21. The molecule has 0 aliphatic carbocycles. The predicted octanol–water partition coefficient (Wildman–Crippen LogP) is 3.80. The fraction of sp³-hybridized carbons (Fsp3) is 0.167. The van der Waals surface area contributed by atoms with E-state index in [-0.39, 0.29) is 17.3 Å². The van der Waals surface area contributed by atoms with E-state index in [2.05, 4.69) is 15.2 Å². The van der Waals surface area contributed by atoms with Crippen molar-refractivity contribution < 1.29 is 14.5 Å². The zero-order valence-electron chi connectivity index (χ0n) is 15.5. The van der Waals surface area contributed by atoms with Crippen LogP contribution in [0.15, 0.2) is 47.6 Å². The normalized spacial score (nSPS) is 10.6. The molecule has 0 aliphatic heterocycles. The molecule has 0 radical (unpaired) electrons. The molecular weight excluding hydrogens is 418 g/mol. The summed E-state index contributed by atoms with van der Waals surface area (Å²) in [6.45, 7) is 0. The zero-order chi connectivity index (χ0) is 21.0. The molecule has 1 aromatic heterocycles. The molecule has 0 fully saturated rings. The van der Waals surface area contributed by atoms with Gasteiger partial charge in [0.25, 0.3) is 5.69 Å². The molecule has 0 saturated carbocycles. The summed E-state index contributed by atoms with van der Waals surface area (Å²) in [5, 5.41) is 18.6. The van der Waals surface area contributed by atoms with E-state index in [1.165, 1.54) is 40.9 Å². The summed E-state index contributed by atoms with van der Waals surface area (Å²) in [4.78, 5) is 28.5. The van der Waals surface area contributed by atoms with Crippen molar-refractivity contribution in [2.24, 2.45) is 0 Å². The molecule has 0 spiro atoms. The van der Waals surface area contributed by atoms with E-state index in [4.69, 9.17) is 16.3 Å². The van der Waals surface area contributed by atoms with E-state index < -0.39 is 4.92 Å². The number of H-pyrrole nitrogens is 1. The Morgan fingerprint density at radius 1 is 1.31 bits per heavy atom.